The largest absolute Gasteiger partial charge is 0.384 e. The van der Waals surface area contributed by atoms with Crippen LogP contribution in [-0.4, -0.2) is 27.1 Å². The lowest BCUT2D eigenvalue weighted by molar-refractivity contribution is 0.202. The summed E-state index contributed by atoms with van der Waals surface area (Å²) in [6, 6.07) is 7.11. The van der Waals surface area contributed by atoms with E-state index in [-0.39, 0.29) is 9.08 Å². The van der Waals surface area contributed by atoms with Crippen molar-refractivity contribution >= 4 is 27.0 Å². The molecule has 0 atom stereocenters. The van der Waals surface area contributed by atoms with Crippen LogP contribution in [0.15, 0.2) is 33.3 Å². The van der Waals surface area contributed by atoms with Gasteiger partial charge in [-0.05, 0) is 25.0 Å². The number of sulfonamides is 1. The van der Waals surface area contributed by atoms with Gasteiger partial charge in [-0.1, -0.05) is 29.5 Å². The van der Waals surface area contributed by atoms with Crippen LogP contribution in [0.3, 0.4) is 0 Å². The van der Waals surface area contributed by atoms with Crippen molar-refractivity contribution in [3.63, 3.8) is 0 Å². The number of H-pyrrole nitrogens is 1. The number of hydrogen-bond acceptors (Lipinski definition) is 5. The van der Waals surface area contributed by atoms with E-state index in [9.17, 15) is 13.2 Å². The van der Waals surface area contributed by atoms with Crippen LogP contribution < -0.4 is 9.60 Å². The first-order valence-corrected chi connectivity index (χ1v) is 8.53. The van der Waals surface area contributed by atoms with E-state index in [1.54, 1.807) is 26.2 Å². The molecule has 0 fully saturated rings. The van der Waals surface area contributed by atoms with E-state index in [1.165, 1.54) is 0 Å². The molecule has 0 saturated carbocycles. The molecule has 0 aliphatic carbocycles. The molecule has 0 bridgehead atoms. The monoisotopic (exact) mass is 328 g/mol. The zero-order valence-corrected chi connectivity index (χ0v) is 13.3. The summed E-state index contributed by atoms with van der Waals surface area (Å²) < 4.78 is 32.3. The van der Waals surface area contributed by atoms with Crippen molar-refractivity contribution in [3.8, 4) is 0 Å². The first-order valence-electron chi connectivity index (χ1n) is 6.23. The number of ether oxygens (including phenoxy) is 1. The molecule has 0 saturated heterocycles. The van der Waals surface area contributed by atoms with E-state index < -0.39 is 10.0 Å². The third kappa shape index (κ3) is 3.72. The summed E-state index contributed by atoms with van der Waals surface area (Å²) in [5.74, 6) is 0. The van der Waals surface area contributed by atoms with Crippen LogP contribution in [0.5, 0.6) is 0 Å². The summed E-state index contributed by atoms with van der Waals surface area (Å²) in [7, 11) is -2.18. The van der Waals surface area contributed by atoms with Gasteiger partial charge in [0.15, 0.2) is 4.21 Å². The van der Waals surface area contributed by atoms with E-state index in [1.807, 2.05) is 12.1 Å². The number of rotatable bonds is 6. The fourth-order valence-corrected chi connectivity index (χ4v) is 4.29. The van der Waals surface area contributed by atoms with E-state index in [2.05, 4.69) is 9.71 Å². The lowest BCUT2D eigenvalue weighted by atomic mass is 10.1. The molecule has 8 heteroatoms. The van der Waals surface area contributed by atoms with Crippen molar-refractivity contribution in [1.29, 1.82) is 0 Å². The normalized spacial score (nSPS) is 11.5. The van der Waals surface area contributed by atoms with Gasteiger partial charge in [-0.15, -0.1) is 0 Å². The third-order valence-electron chi connectivity index (χ3n) is 2.86. The Hall–Kier alpha value is -1.64. The number of aryl methyl sites for hydroxylation is 1. The van der Waals surface area contributed by atoms with Crippen molar-refractivity contribution in [3.05, 3.63) is 45.2 Å². The predicted octanol–water partition coefficient (Wildman–Crippen LogP) is 1.73. The number of para-hydroxylation sites is 1. The second-order valence-electron chi connectivity index (χ2n) is 4.43. The Bertz CT molecular complexity index is 777. The van der Waals surface area contributed by atoms with Crippen LogP contribution in [-0.2, 0) is 21.2 Å². The first-order chi connectivity index (χ1) is 9.94. The highest BCUT2D eigenvalue weighted by molar-refractivity contribution is 7.94. The summed E-state index contributed by atoms with van der Waals surface area (Å²) >= 11 is 0.678. The molecule has 2 rings (SSSR count). The van der Waals surface area contributed by atoms with Crippen LogP contribution in [0.2, 0.25) is 0 Å². The molecule has 0 unspecified atom stereocenters. The topological polar surface area (TPSA) is 88.3 Å². The average Bonchev–Trinajstić information content (AvgIpc) is 2.77. The Morgan fingerprint density at radius 3 is 2.67 bits per heavy atom. The SMILES string of the molecule is COCCc1ccccc1NS(=O)(=O)c1sc(=O)[nH]c1C. The standard InChI is InChI=1S/C13H16N2O4S2/c1-9-12(20-13(16)14-9)21(17,18)15-11-6-4-3-5-10(11)7-8-19-2/h3-6,15H,7-8H2,1-2H3,(H,14,16). The van der Waals surface area contributed by atoms with Crippen LogP contribution in [0, 0.1) is 6.92 Å². The molecule has 0 spiro atoms. The smallest absolute Gasteiger partial charge is 0.306 e. The minimum Gasteiger partial charge on any atom is -0.384 e. The zero-order chi connectivity index (χ0) is 15.5. The summed E-state index contributed by atoms with van der Waals surface area (Å²) in [6.07, 6.45) is 0.595. The van der Waals surface area contributed by atoms with Gasteiger partial charge in [-0.25, -0.2) is 8.42 Å². The number of thiazole rings is 1. The molecule has 1 aromatic heterocycles. The predicted molar refractivity (Wildman–Crippen MR) is 82.5 cm³/mol. The van der Waals surface area contributed by atoms with E-state index in [4.69, 9.17) is 4.74 Å². The van der Waals surface area contributed by atoms with Crippen LogP contribution in [0.25, 0.3) is 0 Å². The number of aromatic amines is 1. The Balaban J connectivity index is 2.33. The Morgan fingerprint density at radius 2 is 2.05 bits per heavy atom. The average molecular weight is 328 g/mol. The number of hydrogen-bond donors (Lipinski definition) is 2. The molecule has 0 amide bonds. The molecule has 2 N–H and O–H groups in total. The molecule has 21 heavy (non-hydrogen) atoms. The minimum atomic E-state index is -3.77. The fourth-order valence-electron chi connectivity index (χ4n) is 1.89. The summed E-state index contributed by atoms with van der Waals surface area (Å²) in [5, 5.41) is 0. The maximum absolute atomic E-state index is 12.4. The van der Waals surface area contributed by atoms with Gasteiger partial charge >= 0.3 is 4.87 Å². The van der Waals surface area contributed by atoms with Crippen LogP contribution in [0.4, 0.5) is 5.69 Å². The van der Waals surface area contributed by atoms with E-state index in [0.717, 1.165) is 5.56 Å². The number of anilines is 1. The van der Waals surface area contributed by atoms with E-state index in [0.29, 0.717) is 35.7 Å². The Labute approximate surface area is 126 Å². The van der Waals surface area contributed by atoms with Crippen molar-refractivity contribution in [2.75, 3.05) is 18.4 Å². The molecule has 2 aromatic rings. The van der Waals surface area contributed by atoms with Crippen LogP contribution in [0.1, 0.15) is 11.3 Å². The van der Waals surface area contributed by atoms with Gasteiger partial charge < -0.3 is 9.72 Å². The molecule has 0 radical (unpaired) electrons. The van der Waals surface area contributed by atoms with Gasteiger partial charge in [0.25, 0.3) is 10.0 Å². The molecule has 1 heterocycles. The second kappa shape index (κ2) is 6.42. The zero-order valence-electron chi connectivity index (χ0n) is 11.7. The van der Waals surface area contributed by atoms with Gasteiger partial charge in [-0.3, -0.25) is 9.52 Å². The lowest BCUT2D eigenvalue weighted by Gasteiger charge is -2.11. The molecule has 0 aliphatic heterocycles. The maximum Gasteiger partial charge on any atom is 0.306 e. The number of aromatic nitrogens is 1. The third-order valence-corrected chi connectivity index (χ3v) is 5.83. The molecule has 114 valence electrons. The summed E-state index contributed by atoms with van der Waals surface area (Å²) in [4.78, 5) is 13.4. The van der Waals surface area contributed by atoms with Crippen molar-refractivity contribution in [2.45, 2.75) is 17.6 Å². The van der Waals surface area contributed by atoms with Gasteiger partial charge in [0.05, 0.1) is 12.3 Å². The van der Waals surface area contributed by atoms with Crippen molar-refractivity contribution in [1.82, 2.24) is 4.98 Å². The van der Waals surface area contributed by atoms with Crippen molar-refractivity contribution < 1.29 is 13.2 Å². The molecule has 6 nitrogen and oxygen atoms in total. The van der Waals surface area contributed by atoms with Crippen molar-refractivity contribution in [2.24, 2.45) is 0 Å². The minimum absolute atomic E-state index is 0.00837. The highest BCUT2D eigenvalue weighted by Gasteiger charge is 2.21. The number of nitrogens with one attached hydrogen (secondary N) is 2. The van der Waals surface area contributed by atoms with Crippen LogP contribution >= 0.6 is 11.3 Å². The molecular formula is C13H16N2O4S2. The fraction of sp³-hybridized carbons (Fsp3) is 0.308. The quantitative estimate of drug-likeness (QED) is 0.845. The summed E-state index contributed by atoms with van der Waals surface area (Å²) in [5.41, 5.74) is 1.67. The van der Waals surface area contributed by atoms with Gasteiger partial charge in [-0.2, -0.15) is 0 Å². The second-order valence-corrected chi connectivity index (χ2v) is 7.29. The van der Waals surface area contributed by atoms with Gasteiger partial charge in [0, 0.05) is 12.8 Å². The molecule has 0 aliphatic rings. The van der Waals surface area contributed by atoms with Gasteiger partial charge in [0.1, 0.15) is 0 Å². The maximum atomic E-state index is 12.4. The lowest BCUT2D eigenvalue weighted by Crippen LogP contribution is -2.14. The molecular weight excluding hydrogens is 312 g/mol. The van der Waals surface area contributed by atoms with E-state index >= 15 is 0 Å². The highest BCUT2D eigenvalue weighted by Crippen LogP contribution is 2.23. The Kier molecular flexibility index (Phi) is 4.81. The number of benzene rings is 1. The van der Waals surface area contributed by atoms with Gasteiger partial charge in [0.2, 0.25) is 0 Å². The highest BCUT2D eigenvalue weighted by atomic mass is 32.2. The Morgan fingerprint density at radius 1 is 1.33 bits per heavy atom. The first kappa shape index (κ1) is 15.7. The number of methoxy groups -OCH3 is 1. The summed E-state index contributed by atoms with van der Waals surface area (Å²) in [6.45, 7) is 2.05. The molecule has 1 aromatic carbocycles.